The number of likely N-dealkylation sites (tertiary alicyclic amines) is 1. The second kappa shape index (κ2) is 11.3. The number of aryl methyl sites for hydroxylation is 1. The molecule has 204 valence electrons. The number of hydrogen-bond acceptors (Lipinski definition) is 6. The number of amides is 1. The van der Waals surface area contributed by atoms with E-state index in [2.05, 4.69) is 10.6 Å². The van der Waals surface area contributed by atoms with Crippen LogP contribution in [0.3, 0.4) is 0 Å². The Labute approximate surface area is 228 Å². The molecule has 38 heavy (non-hydrogen) atoms. The van der Waals surface area contributed by atoms with Crippen LogP contribution in [0.5, 0.6) is 0 Å². The lowest BCUT2D eigenvalue weighted by Gasteiger charge is -2.35. The number of halogens is 1. The molecule has 0 unspecified atom stereocenters. The first-order valence-electron chi connectivity index (χ1n) is 13.0. The fraction of sp³-hybridized carbons (Fsp3) is 0.481. The maximum absolute atomic E-state index is 13.7. The Hall–Kier alpha value is -2.50. The quantitative estimate of drug-likeness (QED) is 0.425. The summed E-state index contributed by atoms with van der Waals surface area (Å²) in [6, 6.07) is 13.9. The van der Waals surface area contributed by atoms with Crippen molar-refractivity contribution in [3.63, 3.8) is 0 Å². The number of piperidine rings is 1. The molecule has 11 heteroatoms. The number of hydrogen-bond donors (Lipinski definition) is 1. The highest BCUT2D eigenvalue weighted by atomic mass is 35.5. The van der Waals surface area contributed by atoms with E-state index in [-0.39, 0.29) is 34.8 Å². The third-order valence-electron chi connectivity index (χ3n) is 7.62. The van der Waals surface area contributed by atoms with Crippen molar-refractivity contribution >= 4 is 38.6 Å². The van der Waals surface area contributed by atoms with Crippen LogP contribution >= 0.6 is 11.6 Å². The summed E-state index contributed by atoms with van der Waals surface area (Å²) in [5, 5.41) is 0.156. The summed E-state index contributed by atoms with van der Waals surface area (Å²) in [6.07, 6.45) is 2.65. The van der Waals surface area contributed by atoms with Crippen molar-refractivity contribution < 1.29 is 17.9 Å². The molecule has 0 radical (unpaired) electrons. The second-order valence-corrected chi connectivity index (χ2v) is 12.4. The van der Waals surface area contributed by atoms with Gasteiger partial charge in [0.15, 0.2) is 0 Å². The van der Waals surface area contributed by atoms with Crippen LogP contribution in [0, 0.1) is 5.92 Å². The largest absolute Gasteiger partial charge is 0.385 e. The van der Waals surface area contributed by atoms with Gasteiger partial charge in [-0.05, 0) is 43.5 Å². The summed E-state index contributed by atoms with van der Waals surface area (Å²) < 4.78 is 35.3. The normalized spacial score (nSPS) is 22.8. The number of imidazole rings is 1. The Morgan fingerprint density at radius 3 is 2.68 bits per heavy atom. The molecule has 2 aliphatic rings. The van der Waals surface area contributed by atoms with Gasteiger partial charge < -0.3 is 19.9 Å². The lowest BCUT2D eigenvalue weighted by atomic mass is 9.94. The summed E-state index contributed by atoms with van der Waals surface area (Å²) in [4.78, 5) is 20.5. The zero-order chi connectivity index (χ0) is 26.9. The van der Waals surface area contributed by atoms with Gasteiger partial charge in [0.25, 0.3) is 0 Å². The molecule has 1 aromatic heterocycles. The number of carbonyl (C=O) groups is 1. The topological polar surface area (TPSA) is 111 Å². The van der Waals surface area contributed by atoms with Gasteiger partial charge >= 0.3 is 0 Å². The fourth-order valence-electron chi connectivity index (χ4n) is 5.67. The average molecular weight is 560 g/mol. The number of para-hydroxylation sites is 2. The molecule has 1 amide bonds. The molecule has 3 aromatic rings. The van der Waals surface area contributed by atoms with E-state index >= 15 is 0 Å². The molecule has 3 heterocycles. The number of ether oxygens (including phenoxy) is 1. The van der Waals surface area contributed by atoms with Crippen LogP contribution in [0.1, 0.15) is 31.0 Å². The van der Waals surface area contributed by atoms with Crippen molar-refractivity contribution in [1.29, 1.82) is 0 Å². The van der Waals surface area contributed by atoms with Crippen molar-refractivity contribution in [3.8, 4) is 0 Å². The highest BCUT2D eigenvalue weighted by Crippen LogP contribution is 2.33. The first kappa shape index (κ1) is 27.1. The number of benzene rings is 2. The first-order valence-corrected chi connectivity index (χ1v) is 14.9. The zero-order valence-corrected chi connectivity index (χ0v) is 23.1. The van der Waals surface area contributed by atoms with Gasteiger partial charge in [0.2, 0.25) is 15.9 Å². The van der Waals surface area contributed by atoms with Gasteiger partial charge in [0.1, 0.15) is 10.7 Å². The Balaban J connectivity index is 1.33. The third kappa shape index (κ3) is 5.20. The number of rotatable bonds is 8. The average Bonchev–Trinajstić information content (AvgIpc) is 3.50. The van der Waals surface area contributed by atoms with Crippen molar-refractivity contribution in [2.45, 2.75) is 42.7 Å². The molecule has 2 aliphatic heterocycles. The van der Waals surface area contributed by atoms with Gasteiger partial charge in [-0.3, -0.25) is 4.79 Å². The summed E-state index contributed by atoms with van der Waals surface area (Å²) in [7, 11) is -2.16. The molecule has 2 aromatic carbocycles. The zero-order valence-electron chi connectivity index (χ0n) is 21.5. The number of methoxy groups -OCH3 is 1. The van der Waals surface area contributed by atoms with Gasteiger partial charge in [-0.15, -0.1) is 0 Å². The smallest absolute Gasteiger partial charge is 0.244 e. The molecule has 5 rings (SSSR count). The van der Waals surface area contributed by atoms with Crippen LogP contribution in [0.2, 0.25) is 5.02 Å². The van der Waals surface area contributed by atoms with Crippen LogP contribution in [0.15, 0.2) is 53.4 Å². The van der Waals surface area contributed by atoms with E-state index in [1.54, 1.807) is 25.3 Å². The number of nitrogens with zero attached hydrogens (tertiary/aromatic N) is 4. The van der Waals surface area contributed by atoms with Crippen molar-refractivity contribution in [2.24, 2.45) is 11.7 Å². The van der Waals surface area contributed by atoms with Crippen LogP contribution in [0.25, 0.3) is 11.0 Å². The van der Waals surface area contributed by atoms with Crippen LogP contribution in [-0.4, -0.2) is 79.0 Å². The summed E-state index contributed by atoms with van der Waals surface area (Å²) in [6.45, 7) is 2.73. The van der Waals surface area contributed by atoms with E-state index in [0.717, 1.165) is 42.7 Å². The molecule has 0 bridgehead atoms. The summed E-state index contributed by atoms with van der Waals surface area (Å²) >= 11 is 6.17. The predicted molar refractivity (Wildman–Crippen MR) is 146 cm³/mol. The molecule has 2 saturated heterocycles. The molecule has 0 aliphatic carbocycles. The first-order chi connectivity index (χ1) is 18.3. The maximum atomic E-state index is 13.7. The van der Waals surface area contributed by atoms with E-state index in [1.807, 2.05) is 23.1 Å². The van der Waals surface area contributed by atoms with E-state index < -0.39 is 22.0 Å². The molecule has 0 spiro atoms. The lowest BCUT2D eigenvalue weighted by Crippen LogP contribution is -2.47. The predicted octanol–water partition coefficient (Wildman–Crippen LogP) is 3.08. The number of nitrogens with two attached hydrogens (primary N) is 1. The van der Waals surface area contributed by atoms with E-state index in [0.29, 0.717) is 19.7 Å². The van der Waals surface area contributed by atoms with Crippen LogP contribution < -0.4 is 5.73 Å². The summed E-state index contributed by atoms with van der Waals surface area (Å²) in [5.41, 5.74) is 8.39. The lowest BCUT2D eigenvalue weighted by molar-refractivity contribution is -0.136. The third-order valence-corrected chi connectivity index (χ3v) is 9.95. The molecule has 0 saturated carbocycles. The number of carbonyl (C=O) groups excluding carboxylic acids is 1. The Bertz CT molecular complexity index is 1410. The van der Waals surface area contributed by atoms with E-state index in [4.69, 9.17) is 27.1 Å². The van der Waals surface area contributed by atoms with Gasteiger partial charge in [-0.1, -0.05) is 35.9 Å². The Morgan fingerprint density at radius 1 is 1.13 bits per heavy atom. The molecule has 2 fully saturated rings. The fourth-order valence-corrected chi connectivity index (χ4v) is 7.67. The molecule has 3 atom stereocenters. The van der Waals surface area contributed by atoms with Gasteiger partial charge in [-0.25, -0.2) is 13.4 Å². The van der Waals surface area contributed by atoms with Crippen molar-refractivity contribution in [1.82, 2.24) is 18.8 Å². The molecule has 9 nitrogen and oxygen atoms in total. The second-order valence-electron chi connectivity index (χ2n) is 10.1. The van der Waals surface area contributed by atoms with Gasteiger partial charge in [-0.2, -0.15) is 4.31 Å². The van der Waals surface area contributed by atoms with Crippen molar-refractivity contribution in [2.75, 3.05) is 39.9 Å². The van der Waals surface area contributed by atoms with Crippen molar-refractivity contribution in [3.05, 3.63) is 59.4 Å². The van der Waals surface area contributed by atoms with Crippen LogP contribution in [-0.2, 0) is 26.1 Å². The maximum Gasteiger partial charge on any atom is 0.244 e. The highest BCUT2D eigenvalue weighted by Gasteiger charge is 2.44. The minimum absolute atomic E-state index is 0.0346. The number of sulfonamides is 1. The SMILES string of the molecule is COCCCn1c([C@@H]2CCCN(C(=O)[C@@H]3CN(S(=O)(=O)c4ccccc4Cl)C[C@H]3N)C2)nc2ccccc21. The monoisotopic (exact) mass is 559 g/mol. The Kier molecular flexibility index (Phi) is 8.06. The van der Waals surface area contributed by atoms with E-state index in [1.165, 1.54) is 10.4 Å². The number of fused-ring (bicyclic) bond motifs is 1. The van der Waals surface area contributed by atoms with Crippen LogP contribution in [0.4, 0.5) is 0 Å². The van der Waals surface area contributed by atoms with E-state index in [9.17, 15) is 13.2 Å². The standard InChI is InChI=1S/C27H34ClN5O4S/c1-37-15-7-14-33-24-11-4-3-10-23(24)30-26(33)19-8-6-13-31(16-19)27(34)20-17-32(18-22(20)29)38(35,36)25-12-5-2-9-21(25)28/h2-5,9-12,19-20,22H,6-8,13-18,29H2,1H3/t19-,20-,22-/m1/s1. The molecule has 2 N–H and O–H groups in total. The minimum atomic E-state index is -3.86. The molecular formula is C27H34ClN5O4S. The summed E-state index contributed by atoms with van der Waals surface area (Å²) in [5.74, 6) is 0.370. The molecular weight excluding hydrogens is 526 g/mol. The van der Waals surface area contributed by atoms with Gasteiger partial charge in [0.05, 0.1) is 22.0 Å². The number of aromatic nitrogens is 2. The minimum Gasteiger partial charge on any atom is -0.385 e. The highest BCUT2D eigenvalue weighted by molar-refractivity contribution is 7.89. The van der Waals surface area contributed by atoms with Gasteiger partial charge in [0, 0.05) is 58.4 Å². The Morgan fingerprint density at radius 2 is 1.89 bits per heavy atom.